The number of aliphatic hydroxyl groups excluding tert-OH is 1. The summed E-state index contributed by atoms with van der Waals surface area (Å²) in [5.41, 5.74) is 1.89. The van der Waals surface area contributed by atoms with Gasteiger partial charge in [0.25, 0.3) is 5.91 Å². The van der Waals surface area contributed by atoms with Gasteiger partial charge in [-0.05, 0) is 86.0 Å². The van der Waals surface area contributed by atoms with Crippen molar-refractivity contribution in [1.82, 2.24) is 9.62 Å². The van der Waals surface area contributed by atoms with Crippen LogP contribution in [0.5, 0.6) is 5.75 Å². The van der Waals surface area contributed by atoms with Crippen molar-refractivity contribution >= 4 is 41.1 Å². The highest BCUT2D eigenvalue weighted by molar-refractivity contribution is 7.97. The molecule has 1 saturated heterocycles. The largest absolute Gasteiger partial charge is 0.493 e. The molecule has 9 heteroatoms. The Hall–Kier alpha value is -1.51. The summed E-state index contributed by atoms with van der Waals surface area (Å²) in [7, 11) is 0. The normalized spacial score (nSPS) is 18.0. The van der Waals surface area contributed by atoms with E-state index in [2.05, 4.69) is 9.62 Å². The van der Waals surface area contributed by atoms with E-state index in [1.807, 2.05) is 12.1 Å². The fourth-order valence-corrected chi connectivity index (χ4v) is 5.41. The summed E-state index contributed by atoms with van der Waals surface area (Å²) in [6, 6.07) is 8.24. The predicted octanol–water partition coefficient (Wildman–Crippen LogP) is 5.84. The van der Waals surface area contributed by atoms with Crippen molar-refractivity contribution in [3.63, 3.8) is 0 Å². The summed E-state index contributed by atoms with van der Waals surface area (Å²) >= 11 is 13.5. The number of halogens is 3. The Morgan fingerprint density at radius 3 is 2.44 bits per heavy atom. The molecule has 1 aliphatic heterocycles. The highest BCUT2D eigenvalue weighted by Gasteiger charge is 2.31. The molecule has 2 aliphatic rings. The van der Waals surface area contributed by atoms with E-state index in [9.17, 15) is 14.3 Å². The van der Waals surface area contributed by atoms with E-state index in [1.165, 1.54) is 6.07 Å². The molecule has 0 spiro atoms. The van der Waals surface area contributed by atoms with Crippen LogP contribution in [0.15, 0.2) is 30.3 Å². The quantitative estimate of drug-likeness (QED) is 0.401. The Bertz CT molecular complexity index is 1010. The molecule has 2 N–H and O–H groups in total. The van der Waals surface area contributed by atoms with E-state index in [-0.39, 0.29) is 18.2 Å². The fraction of sp³-hybridized carbons (Fsp3) is 0.480. The van der Waals surface area contributed by atoms with Crippen LogP contribution in [-0.4, -0.2) is 48.5 Å². The van der Waals surface area contributed by atoms with Crippen LogP contribution in [0.2, 0.25) is 10.0 Å². The number of nitrogens with zero attached hydrogens (tertiary/aromatic N) is 1. The van der Waals surface area contributed by atoms with Crippen LogP contribution in [0.25, 0.3) is 0 Å². The minimum Gasteiger partial charge on any atom is -0.493 e. The first-order valence-corrected chi connectivity index (χ1v) is 13.5. The predicted molar refractivity (Wildman–Crippen MR) is 135 cm³/mol. The third-order valence-electron chi connectivity index (χ3n) is 6.56. The van der Waals surface area contributed by atoms with Gasteiger partial charge in [0, 0.05) is 22.4 Å². The van der Waals surface area contributed by atoms with Crippen LogP contribution in [0, 0.1) is 11.7 Å². The topological polar surface area (TPSA) is 61.8 Å². The number of piperidine rings is 1. The van der Waals surface area contributed by atoms with E-state index in [0.717, 1.165) is 61.8 Å². The molecule has 0 aromatic heterocycles. The Balaban J connectivity index is 1.37. The van der Waals surface area contributed by atoms with Crippen LogP contribution in [-0.2, 0) is 0 Å². The third kappa shape index (κ3) is 6.18. The Morgan fingerprint density at radius 2 is 1.85 bits per heavy atom. The van der Waals surface area contributed by atoms with Crippen molar-refractivity contribution < 1.29 is 19.0 Å². The highest BCUT2D eigenvalue weighted by Crippen LogP contribution is 2.45. The van der Waals surface area contributed by atoms with Crippen molar-refractivity contribution in [2.45, 2.75) is 37.6 Å². The number of aliphatic hydroxyl groups is 1. The van der Waals surface area contributed by atoms with E-state index < -0.39 is 11.7 Å². The summed E-state index contributed by atoms with van der Waals surface area (Å²) in [5, 5.41) is 11.1. The van der Waals surface area contributed by atoms with Gasteiger partial charge in [-0.25, -0.2) is 4.39 Å². The molecule has 2 fully saturated rings. The number of amides is 1. The number of nitrogens with one attached hydrogen (secondary N) is 1. The lowest BCUT2D eigenvalue weighted by Crippen LogP contribution is -2.39. The van der Waals surface area contributed by atoms with Crippen molar-refractivity contribution in [2.75, 3.05) is 32.6 Å². The molecule has 2 aromatic carbocycles. The van der Waals surface area contributed by atoms with E-state index in [1.54, 1.807) is 18.4 Å². The number of likely N-dealkylation sites (tertiary alicyclic amines) is 1. The molecule has 1 atom stereocenters. The molecule has 1 unspecified atom stereocenters. The summed E-state index contributed by atoms with van der Waals surface area (Å²) < 4.78 is 23.4. The van der Waals surface area contributed by atoms with E-state index in [4.69, 9.17) is 27.9 Å². The van der Waals surface area contributed by atoms with Gasteiger partial charge in [-0.2, -0.15) is 0 Å². The molecular formula is C25H29Cl2FN2O3S. The first kappa shape index (κ1) is 25.6. The maximum absolute atomic E-state index is 14.7. The average Bonchev–Trinajstić information content (AvgIpc) is 3.64. The van der Waals surface area contributed by atoms with Crippen LogP contribution >= 0.6 is 35.1 Å². The SMILES string of the molecule is CSNC(=O)c1cc(C2CC2)c(OCC2CCN(C(CO)c3cc(Cl)cc(Cl)c3)CC2)cc1F. The number of hydrogen-bond donors (Lipinski definition) is 2. The highest BCUT2D eigenvalue weighted by atomic mass is 35.5. The average molecular weight is 527 g/mol. The fourth-order valence-electron chi connectivity index (χ4n) is 4.57. The summed E-state index contributed by atoms with van der Waals surface area (Å²) in [5.74, 6) is 0.211. The lowest BCUT2D eigenvalue weighted by molar-refractivity contribution is 0.0733. The lowest BCUT2D eigenvalue weighted by atomic mass is 9.95. The van der Waals surface area contributed by atoms with Crippen molar-refractivity contribution in [2.24, 2.45) is 5.92 Å². The first-order valence-electron chi connectivity index (χ1n) is 11.5. The number of ether oxygens (including phenoxy) is 1. The van der Waals surface area contributed by atoms with Crippen molar-refractivity contribution in [3.05, 3.63) is 62.9 Å². The second kappa shape index (κ2) is 11.5. The van der Waals surface area contributed by atoms with Gasteiger partial charge in [0.1, 0.15) is 11.6 Å². The second-order valence-corrected chi connectivity index (χ2v) is 10.5. The molecule has 5 nitrogen and oxygen atoms in total. The molecule has 1 aliphatic carbocycles. The number of benzene rings is 2. The van der Waals surface area contributed by atoms with Gasteiger partial charge in [0.05, 0.1) is 24.8 Å². The van der Waals surface area contributed by atoms with Crippen LogP contribution in [0.3, 0.4) is 0 Å². The van der Waals surface area contributed by atoms with Crippen LogP contribution in [0.4, 0.5) is 4.39 Å². The third-order valence-corrected chi connectivity index (χ3v) is 7.39. The summed E-state index contributed by atoms with van der Waals surface area (Å²) in [6.07, 6.45) is 5.59. The molecule has 1 heterocycles. The molecular weight excluding hydrogens is 498 g/mol. The second-order valence-electron chi connectivity index (χ2n) is 8.97. The number of carbonyl (C=O) groups is 1. The molecule has 184 valence electrons. The monoisotopic (exact) mass is 526 g/mol. The van der Waals surface area contributed by atoms with Crippen molar-refractivity contribution in [1.29, 1.82) is 0 Å². The standard InChI is InChI=1S/C25H29Cl2FN2O3S/c1-34-29-25(32)21-11-20(16-2-3-16)24(12-22(21)28)33-14-15-4-6-30(7-5-15)23(13-31)17-8-18(26)10-19(27)9-17/h8-12,15-16,23,31H,2-7,13-14H2,1H3,(H,29,32). The van der Waals surface area contributed by atoms with Gasteiger partial charge in [-0.3, -0.25) is 14.4 Å². The summed E-state index contributed by atoms with van der Waals surface area (Å²) in [6.45, 7) is 2.09. The van der Waals surface area contributed by atoms with Crippen molar-refractivity contribution in [3.8, 4) is 5.75 Å². The maximum atomic E-state index is 14.7. The summed E-state index contributed by atoms with van der Waals surface area (Å²) in [4.78, 5) is 14.4. The van der Waals surface area contributed by atoms with E-state index in [0.29, 0.717) is 34.2 Å². The number of carbonyl (C=O) groups excluding carboxylic acids is 1. The van der Waals surface area contributed by atoms with Gasteiger partial charge in [-0.15, -0.1) is 0 Å². The van der Waals surface area contributed by atoms with Gasteiger partial charge >= 0.3 is 0 Å². The zero-order valence-electron chi connectivity index (χ0n) is 19.0. The molecule has 0 radical (unpaired) electrons. The number of hydrogen-bond acceptors (Lipinski definition) is 5. The number of rotatable bonds is 9. The van der Waals surface area contributed by atoms with Gasteiger partial charge in [-0.1, -0.05) is 35.1 Å². The van der Waals surface area contributed by atoms with E-state index >= 15 is 0 Å². The molecule has 1 saturated carbocycles. The zero-order valence-corrected chi connectivity index (χ0v) is 21.4. The van der Waals surface area contributed by atoms with Crippen LogP contribution in [0.1, 0.15) is 59.1 Å². The van der Waals surface area contributed by atoms with Gasteiger partial charge < -0.3 is 9.84 Å². The Morgan fingerprint density at radius 1 is 1.18 bits per heavy atom. The molecule has 4 rings (SSSR count). The van der Waals surface area contributed by atoms with Gasteiger partial charge in [0.15, 0.2) is 0 Å². The van der Waals surface area contributed by atoms with Gasteiger partial charge in [0.2, 0.25) is 0 Å². The first-order chi connectivity index (χ1) is 16.4. The Labute approximate surface area is 214 Å². The zero-order chi connectivity index (χ0) is 24.2. The molecule has 1 amide bonds. The Kier molecular flexibility index (Phi) is 8.64. The van der Waals surface area contributed by atoms with Crippen LogP contribution < -0.4 is 9.46 Å². The molecule has 0 bridgehead atoms. The minimum atomic E-state index is -0.563. The minimum absolute atomic E-state index is 0.0155. The lowest BCUT2D eigenvalue weighted by Gasteiger charge is -2.37. The molecule has 2 aromatic rings. The molecule has 34 heavy (non-hydrogen) atoms. The maximum Gasteiger partial charge on any atom is 0.264 e. The smallest absolute Gasteiger partial charge is 0.264 e.